The van der Waals surface area contributed by atoms with Crippen LogP contribution in [0, 0.1) is 0 Å². The molecule has 0 aliphatic rings. The summed E-state index contributed by atoms with van der Waals surface area (Å²) in [5, 5.41) is 2.90. The molecule has 4 heteroatoms. The van der Waals surface area contributed by atoms with E-state index in [0.29, 0.717) is 0 Å². The monoisotopic (exact) mass is 294 g/mol. The second-order valence-corrected chi connectivity index (χ2v) is 6.29. The highest BCUT2D eigenvalue weighted by atomic mass is 35.5. The molecule has 0 aliphatic heterocycles. The van der Waals surface area contributed by atoms with Gasteiger partial charge in [0.25, 0.3) is 0 Å². The van der Waals surface area contributed by atoms with Gasteiger partial charge in [-0.3, -0.25) is 0 Å². The van der Waals surface area contributed by atoms with Crippen LogP contribution in [-0.4, -0.2) is 13.1 Å². The lowest BCUT2D eigenvalue weighted by atomic mass is 10.0. The maximum Gasteiger partial charge on any atom is 0.0519 e. The van der Waals surface area contributed by atoms with Crippen molar-refractivity contribution in [1.82, 2.24) is 0 Å². The Morgan fingerprint density at radius 1 is 1.32 bits per heavy atom. The molecule has 0 spiro atoms. The Kier molecular flexibility index (Phi) is 4.86. The Morgan fingerprint density at radius 2 is 2.11 bits per heavy atom. The third kappa shape index (κ3) is 3.72. The quantitative estimate of drug-likeness (QED) is 0.905. The summed E-state index contributed by atoms with van der Waals surface area (Å²) in [7, 11) is 2.09. The largest absolute Gasteiger partial charge is 0.369 e. The van der Waals surface area contributed by atoms with E-state index in [1.165, 1.54) is 10.6 Å². The third-order valence-electron chi connectivity index (χ3n) is 3.00. The summed E-state index contributed by atoms with van der Waals surface area (Å²) in [5.74, 6) is 0. The van der Waals surface area contributed by atoms with Crippen molar-refractivity contribution >= 4 is 28.6 Å². The predicted octanol–water partition coefficient (Wildman–Crippen LogP) is 3.93. The Labute approximate surface area is 123 Å². The SMILES string of the molecule is CC(N)Cc1c(Cl)cccc1N(C)Cc1cccs1. The van der Waals surface area contributed by atoms with Crippen molar-refractivity contribution in [3.05, 3.63) is 51.2 Å². The number of hydrogen-bond donors (Lipinski definition) is 1. The van der Waals surface area contributed by atoms with Crippen LogP contribution in [0.25, 0.3) is 0 Å². The summed E-state index contributed by atoms with van der Waals surface area (Å²) >= 11 is 8.09. The Balaban J connectivity index is 2.25. The number of halogens is 1. The summed E-state index contributed by atoms with van der Waals surface area (Å²) in [6.07, 6.45) is 0.795. The summed E-state index contributed by atoms with van der Waals surface area (Å²) in [6, 6.07) is 10.4. The van der Waals surface area contributed by atoms with Crippen molar-refractivity contribution < 1.29 is 0 Å². The fourth-order valence-electron chi connectivity index (χ4n) is 2.15. The lowest BCUT2D eigenvalue weighted by molar-refractivity contribution is 0.734. The first-order chi connectivity index (χ1) is 9.08. The molecule has 1 unspecified atom stereocenters. The smallest absolute Gasteiger partial charge is 0.0519 e. The molecular formula is C15H19ClN2S. The van der Waals surface area contributed by atoms with E-state index < -0.39 is 0 Å². The van der Waals surface area contributed by atoms with Gasteiger partial charge in [0.05, 0.1) is 6.54 Å². The summed E-state index contributed by atoms with van der Waals surface area (Å²) < 4.78 is 0. The maximum atomic E-state index is 6.32. The van der Waals surface area contributed by atoms with Gasteiger partial charge in [-0.15, -0.1) is 11.3 Å². The number of anilines is 1. The van der Waals surface area contributed by atoms with Crippen molar-refractivity contribution in [2.75, 3.05) is 11.9 Å². The molecule has 1 atom stereocenters. The molecule has 0 radical (unpaired) electrons. The summed E-state index contributed by atoms with van der Waals surface area (Å²) in [6.45, 7) is 2.90. The normalized spacial score (nSPS) is 12.4. The first-order valence-corrected chi connectivity index (χ1v) is 7.60. The second-order valence-electron chi connectivity index (χ2n) is 4.85. The van der Waals surface area contributed by atoms with E-state index in [2.05, 4.69) is 35.5 Å². The summed E-state index contributed by atoms with van der Waals surface area (Å²) in [5.41, 5.74) is 8.23. The van der Waals surface area contributed by atoms with Crippen LogP contribution in [-0.2, 0) is 13.0 Å². The molecule has 0 amide bonds. The third-order valence-corrected chi connectivity index (χ3v) is 4.22. The molecular weight excluding hydrogens is 276 g/mol. The molecule has 0 saturated heterocycles. The number of benzene rings is 1. The molecule has 0 bridgehead atoms. The molecule has 102 valence electrons. The highest BCUT2D eigenvalue weighted by Crippen LogP contribution is 2.29. The van der Waals surface area contributed by atoms with Crippen molar-refractivity contribution in [1.29, 1.82) is 0 Å². The Morgan fingerprint density at radius 3 is 2.74 bits per heavy atom. The number of nitrogens with two attached hydrogens (primary N) is 1. The zero-order valence-corrected chi connectivity index (χ0v) is 12.8. The van der Waals surface area contributed by atoms with E-state index in [1.54, 1.807) is 11.3 Å². The van der Waals surface area contributed by atoms with Crippen LogP contribution < -0.4 is 10.6 Å². The average molecular weight is 295 g/mol. The van der Waals surface area contributed by atoms with Crippen LogP contribution in [0.3, 0.4) is 0 Å². The second kappa shape index (κ2) is 6.42. The molecule has 2 nitrogen and oxygen atoms in total. The van der Waals surface area contributed by atoms with E-state index in [9.17, 15) is 0 Å². The van der Waals surface area contributed by atoms with Gasteiger partial charge in [-0.25, -0.2) is 0 Å². The zero-order chi connectivity index (χ0) is 13.8. The lowest BCUT2D eigenvalue weighted by Crippen LogP contribution is -2.22. The van der Waals surface area contributed by atoms with Gasteiger partial charge in [0.2, 0.25) is 0 Å². The Bertz CT molecular complexity index is 523. The molecule has 1 aromatic carbocycles. The fourth-order valence-corrected chi connectivity index (χ4v) is 3.15. The van der Waals surface area contributed by atoms with E-state index in [0.717, 1.165) is 23.6 Å². The van der Waals surface area contributed by atoms with Crippen LogP contribution in [0.5, 0.6) is 0 Å². The van der Waals surface area contributed by atoms with Crippen LogP contribution in [0.4, 0.5) is 5.69 Å². The van der Waals surface area contributed by atoms with Crippen LogP contribution in [0.2, 0.25) is 5.02 Å². The van der Waals surface area contributed by atoms with Crippen molar-refractivity contribution in [2.24, 2.45) is 5.73 Å². The number of nitrogens with zero attached hydrogens (tertiary/aromatic N) is 1. The zero-order valence-electron chi connectivity index (χ0n) is 11.3. The van der Waals surface area contributed by atoms with Crippen LogP contribution in [0.15, 0.2) is 35.7 Å². The molecule has 2 N–H and O–H groups in total. The predicted molar refractivity (Wildman–Crippen MR) is 85.2 cm³/mol. The molecule has 2 aromatic rings. The number of thiophene rings is 1. The molecule has 1 aromatic heterocycles. The molecule has 19 heavy (non-hydrogen) atoms. The topological polar surface area (TPSA) is 29.3 Å². The van der Waals surface area contributed by atoms with Gasteiger partial charge in [-0.2, -0.15) is 0 Å². The van der Waals surface area contributed by atoms with E-state index in [4.69, 9.17) is 17.3 Å². The van der Waals surface area contributed by atoms with Crippen LogP contribution >= 0.6 is 22.9 Å². The molecule has 2 rings (SSSR count). The van der Waals surface area contributed by atoms with Gasteiger partial charge < -0.3 is 10.6 Å². The molecule has 0 fully saturated rings. The minimum absolute atomic E-state index is 0.105. The van der Waals surface area contributed by atoms with Gasteiger partial charge in [0.15, 0.2) is 0 Å². The standard InChI is InChI=1S/C15H19ClN2S/c1-11(17)9-13-14(16)6-3-7-15(13)18(2)10-12-5-4-8-19-12/h3-8,11H,9-10,17H2,1-2H3. The molecule has 0 aliphatic carbocycles. The molecule has 1 heterocycles. The van der Waals surface area contributed by atoms with Crippen LogP contribution in [0.1, 0.15) is 17.4 Å². The van der Waals surface area contributed by atoms with Gasteiger partial charge in [0, 0.05) is 28.7 Å². The fraction of sp³-hybridized carbons (Fsp3) is 0.333. The van der Waals surface area contributed by atoms with Gasteiger partial charge in [-0.1, -0.05) is 23.7 Å². The van der Waals surface area contributed by atoms with Gasteiger partial charge in [0.1, 0.15) is 0 Å². The van der Waals surface area contributed by atoms with Crippen molar-refractivity contribution in [2.45, 2.75) is 25.9 Å². The summed E-state index contributed by atoms with van der Waals surface area (Å²) in [4.78, 5) is 3.57. The van der Waals surface area contributed by atoms with Crippen molar-refractivity contribution in [3.63, 3.8) is 0 Å². The van der Waals surface area contributed by atoms with Gasteiger partial charge >= 0.3 is 0 Å². The first-order valence-electron chi connectivity index (χ1n) is 6.34. The molecule has 0 saturated carbocycles. The van der Waals surface area contributed by atoms with E-state index in [1.807, 2.05) is 19.1 Å². The minimum Gasteiger partial charge on any atom is -0.369 e. The van der Waals surface area contributed by atoms with Gasteiger partial charge in [-0.05, 0) is 42.5 Å². The number of rotatable bonds is 5. The van der Waals surface area contributed by atoms with E-state index >= 15 is 0 Å². The Hall–Kier alpha value is -1.03. The van der Waals surface area contributed by atoms with E-state index in [-0.39, 0.29) is 6.04 Å². The lowest BCUT2D eigenvalue weighted by Gasteiger charge is -2.23. The number of hydrogen-bond acceptors (Lipinski definition) is 3. The average Bonchev–Trinajstić information content (AvgIpc) is 2.84. The maximum absolute atomic E-state index is 6.32. The minimum atomic E-state index is 0.105. The highest BCUT2D eigenvalue weighted by Gasteiger charge is 2.13. The highest BCUT2D eigenvalue weighted by molar-refractivity contribution is 7.09. The van der Waals surface area contributed by atoms with Crippen molar-refractivity contribution in [3.8, 4) is 0 Å². The first kappa shape index (κ1) is 14.4.